The molecule has 2 N–H and O–H groups in total. The number of rotatable bonds is 5. The van der Waals surface area contributed by atoms with Gasteiger partial charge in [-0.25, -0.2) is 4.79 Å². The molecule has 3 amide bonds. The maximum atomic E-state index is 12.4. The topological polar surface area (TPSA) is 79.9 Å². The Morgan fingerprint density at radius 2 is 1.86 bits per heavy atom. The Hall–Kier alpha value is -3.22. The van der Waals surface area contributed by atoms with Crippen LogP contribution in [0.4, 0.5) is 16.2 Å². The van der Waals surface area contributed by atoms with Crippen molar-refractivity contribution in [3.05, 3.63) is 47.5 Å². The fourth-order valence-corrected chi connectivity index (χ4v) is 3.20. The molecule has 1 aliphatic heterocycles. The minimum absolute atomic E-state index is 0.00693. The summed E-state index contributed by atoms with van der Waals surface area (Å²) in [7, 11) is 3.08. The van der Waals surface area contributed by atoms with Crippen molar-refractivity contribution in [2.45, 2.75) is 26.3 Å². The van der Waals surface area contributed by atoms with E-state index in [9.17, 15) is 9.59 Å². The van der Waals surface area contributed by atoms with Crippen molar-refractivity contribution in [3.63, 3.8) is 0 Å². The fourth-order valence-electron chi connectivity index (χ4n) is 3.20. The summed E-state index contributed by atoms with van der Waals surface area (Å²) in [5.41, 5.74) is 3.66. The van der Waals surface area contributed by atoms with E-state index < -0.39 is 6.03 Å². The van der Waals surface area contributed by atoms with Crippen LogP contribution in [-0.2, 0) is 4.79 Å². The molecule has 0 saturated carbocycles. The lowest BCUT2D eigenvalue weighted by Gasteiger charge is -2.19. The summed E-state index contributed by atoms with van der Waals surface area (Å²) in [4.78, 5) is 26.6. The molecule has 0 radical (unpaired) electrons. The molecule has 1 heterocycles. The zero-order chi connectivity index (χ0) is 20.3. The molecule has 1 saturated heterocycles. The molecule has 0 spiro atoms. The highest BCUT2D eigenvalue weighted by molar-refractivity contribution is 5.98. The number of methoxy groups -OCH3 is 2. The molecule has 7 nitrogen and oxygen atoms in total. The van der Waals surface area contributed by atoms with Crippen LogP contribution in [0.3, 0.4) is 0 Å². The summed E-state index contributed by atoms with van der Waals surface area (Å²) in [5.74, 6) is 1.12. The number of amides is 3. The number of ether oxygens (including phenoxy) is 2. The van der Waals surface area contributed by atoms with Gasteiger partial charge in [0, 0.05) is 24.7 Å². The summed E-state index contributed by atoms with van der Waals surface area (Å²) in [6.07, 6.45) is 0.260. The molecule has 0 unspecified atom stereocenters. The standard InChI is InChI=1S/C21H25N3O4/c1-13-5-6-16(9-14(13)2)24-12-15(10-20(24)25)22-21(26)23-18-11-17(27-3)7-8-19(18)28-4/h5-9,11,15H,10,12H2,1-4H3,(H2,22,23,26)/t15-/m0/s1. The van der Waals surface area contributed by atoms with Crippen molar-refractivity contribution in [2.24, 2.45) is 0 Å². The molecule has 0 bridgehead atoms. The molecule has 1 fully saturated rings. The molecule has 3 rings (SSSR count). The number of benzene rings is 2. The smallest absolute Gasteiger partial charge is 0.319 e. The molecule has 1 atom stereocenters. The quantitative estimate of drug-likeness (QED) is 0.831. The number of nitrogens with one attached hydrogen (secondary N) is 2. The number of hydrogen-bond acceptors (Lipinski definition) is 4. The number of carbonyl (C=O) groups is 2. The maximum absolute atomic E-state index is 12.4. The second kappa shape index (κ2) is 8.21. The van der Waals surface area contributed by atoms with Crippen LogP contribution in [0.15, 0.2) is 36.4 Å². The molecular formula is C21H25N3O4. The first-order valence-corrected chi connectivity index (χ1v) is 9.08. The van der Waals surface area contributed by atoms with Crippen LogP contribution in [0.5, 0.6) is 11.5 Å². The van der Waals surface area contributed by atoms with Crippen molar-refractivity contribution < 1.29 is 19.1 Å². The molecular weight excluding hydrogens is 358 g/mol. The lowest BCUT2D eigenvalue weighted by Crippen LogP contribution is -2.39. The Balaban J connectivity index is 1.65. The first-order valence-electron chi connectivity index (χ1n) is 9.08. The van der Waals surface area contributed by atoms with Crippen molar-refractivity contribution in [2.75, 3.05) is 31.0 Å². The predicted octanol–water partition coefficient (Wildman–Crippen LogP) is 3.25. The van der Waals surface area contributed by atoms with Gasteiger partial charge < -0.3 is 25.0 Å². The number of anilines is 2. The molecule has 28 heavy (non-hydrogen) atoms. The van der Waals surface area contributed by atoms with E-state index in [-0.39, 0.29) is 18.4 Å². The van der Waals surface area contributed by atoms with Crippen LogP contribution in [0, 0.1) is 13.8 Å². The Kier molecular flexibility index (Phi) is 5.73. The average molecular weight is 383 g/mol. The first-order chi connectivity index (χ1) is 13.4. The second-order valence-electron chi connectivity index (χ2n) is 6.84. The van der Waals surface area contributed by atoms with Gasteiger partial charge in [-0.2, -0.15) is 0 Å². The summed E-state index contributed by atoms with van der Waals surface area (Å²) in [6.45, 7) is 4.49. The highest BCUT2D eigenvalue weighted by atomic mass is 16.5. The number of carbonyl (C=O) groups excluding carboxylic acids is 2. The number of urea groups is 1. The third-order valence-corrected chi connectivity index (χ3v) is 4.92. The summed E-state index contributed by atoms with van der Waals surface area (Å²) in [5, 5.41) is 5.63. The van der Waals surface area contributed by atoms with Gasteiger partial charge in [-0.3, -0.25) is 4.79 Å². The van der Waals surface area contributed by atoms with Gasteiger partial charge in [-0.1, -0.05) is 6.07 Å². The minimum Gasteiger partial charge on any atom is -0.497 e. The second-order valence-corrected chi connectivity index (χ2v) is 6.84. The zero-order valence-electron chi connectivity index (χ0n) is 16.5. The van der Waals surface area contributed by atoms with E-state index in [0.29, 0.717) is 23.7 Å². The predicted molar refractivity (Wildman–Crippen MR) is 108 cm³/mol. The van der Waals surface area contributed by atoms with Crippen molar-refractivity contribution in [1.29, 1.82) is 0 Å². The summed E-state index contributed by atoms with van der Waals surface area (Å²) in [6, 6.07) is 10.4. The van der Waals surface area contributed by atoms with Crippen LogP contribution >= 0.6 is 0 Å². The Morgan fingerprint density at radius 1 is 1.07 bits per heavy atom. The van der Waals surface area contributed by atoms with Crippen LogP contribution in [0.25, 0.3) is 0 Å². The van der Waals surface area contributed by atoms with Crippen molar-refractivity contribution >= 4 is 23.3 Å². The molecule has 1 aliphatic rings. The van der Waals surface area contributed by atoms with Crippen LogP contribution in [-0.4, -0.2) is 38.7 Å². The lowest BCUT2D eigenvalue weighted by molar-refractivity contribution is -0.117. The fraction of sp³-hybridized carbons (Fsp3) is 0.333. The van der Waals surface area contributed by atoms with E-state index in [1.165, 1.54) is 12.7 Å². The third kappa shape index (κ3) is 4.19. The molecule has 0 aliphatic carbocycles. The lowest BCUT2D eigenvalue weighted by atomic mass is 10.1. The van der Waals surface area contributed by atoms with Gasteiger partial charge in [-0.15, -0.1) is 0 Å². The van der Waals surface area contributed by atoms with Gasteiger partial charge in [0.15, 0.2) is 0 Å². The number of nitrogens with zero attached hydrogens (tertiary/aromatic N) is 1. The SMILES string of the molecule is COc1ccc(OC)c(NC(=O)N[C@H]2CC(=O)N(c3ccc(C)c(C)c3)C2)c1. The Bertz CT molecular complexity index is 897. The molecule has 148 valence electrons. The number of hydrogen-bond donors (Lipinski definition) is 2. The van der Waals surface area contributed by atoms with E-state index >= 15 is 0 Å². The van der Waals surface area contributed by atoms with Gasteiger partial charge in [0.2, 0.25) is 5.91 Å². The van der Waals surface area contributed by atoms with Crippen molar-refractivity contribution in [3.8, 4) is 11.5 Å². The summed E-state index contributed by atoms with van der Waals surface area (Å²) < 4.78 is 10.5. The zero-order valence-corrected chi connectivity index (χ0v) is 16.5. The molecule has 2 aromatic rings. The van der Waals surface area contributed by atoms with Gasteiger partial charge in [0.25, 0.3) is 0 Å². The molecule has 2 aromatic carbocycles. The maximum Gasteiger partial charge on any atom is 0.319 e. The van der Waals surface area contributed by atoms with Gasteiger partial charge in [-0.05, 0) is 49.2 Å². The first kappa shape index (κ1) is 19.5. The van der Waals surface area contributed by atoms with Crippen LogP contribution in [0.1, 0.15) is 17.5 Å². The number of aryl methyl sites for hydroxylation is 2. The third-order valence-electron chi connectivity index (χ3n) is 4.92. The highest BCUT2D eigenvalue weighted by Crippen LogP contribution is 2.29. The van der Waals surface area contributed by atoms with E-state index in [4.69, 9.17) is 9.47 Å². The van der Waals surface area contributed by atoms with Crippen LogP contribution in [0.2, 0.25) is 0 Å². The van der Waals surface area contributed by atoms with Gasteiger partial charge >= 0.3 is 6.03 Å². The highest BCUT2D eigenvalue weighted by Gasteiger charge is 2.31. The van der Waals surface area contributed by atoms with E-state index in [0.717, 1.165) is 11.3 Å². The molecule has 0 aromatic heterocycles. The van der Waals surface area contributed by atoms with E-state index in [1.807, 2.05) is 32.0 Å². The molecule has 7 heteroatoms. The summed E-state index contributed by atoms with van der Waals surface area (Å²) >= 11 is 0. The van der Waals surface area contributed by atoms with Gasteiger partial charge in [0.1, 0.15) is 11.5 Å². The van der Waals surface area contributed by atoms with E-state index in [2.05, 4.69) is 10.6 Å². The normalized spacial score (nSPS) is 16.1. The Labute approximate surface area is 164 Å². The van der Waals surface area contributed by atoms with Crippen LogP contribution < -0.4 is 25.0 Å². The van der Waals surface area contributed by atoms with E-state index in [1.54, 1.807) is 30.2 Å². The monoisotopic (exact) mass is 383 g/mol. The minimum atomic E-state index is -0.397. The average Bonchev–Trinajstić information content (AvgIpc) is 3.03. The van der Waals surface area contributed by atoms with Crippen molar-refractivity contribution in [1.82, 2.24) is 5.32 Å². The van der Waals surface area contributed by atoms with Gasteiger partial charge in [0.05, 0.1) is 25.9 Å². The largest absolute Gasteiger partial charge is 0.497 e. The Morgan fingerprint density at radius 3 is 2.54 bits per heavy atom.